The van der Waals surface area contributed by atoms with Crippen LogP contribution in [0, 0.1) is 11.8 Å². The van der Waals surface area contributed by atoms with Gasteiger partial charge in [-0.05, 0) is 23.6 Å². The van der Waals surface area contributed by atoms with Gasteiger partial charge in [0.1, 0.15) is 5.75 Å². The van der Waals surface area contributed by atoms with Crippen molar-refractivity contribution in [1.29, 1.82) is 0 Å². The first kappa shape index (κ1) is 16.2. The van der Waals surface area contributed by atoms with Crippen LogP contribution in [0.15, 0.2) is 24.3 Å². The number of alkyl halides is 2. The number of hydrogen-bond acceptors (Lipinski definition) is 3. The Morgan fingerprint density at radius 1 is 1.32 bits per heavy atom. The van der Waals surface area contributed by atoms with Crippen LogP contribution < -0.4 is 4.74 Å². The summed E-state index contributed by atoms with van der Waals surface area (Å²) in [5.74, 6) is -1.64. The van der Waals surface area contributed by atoms with E-state index < -0.39 is 18.5 Å². The van der Waals surface area contributed by atoms with Crippen LogP contribution in [0.5, 0.6) is 5.75 Å². The molecule has 5 nitrogen and oxygen atoms in total. The Morgan fingerprint density at radius 3 is 2.45 bits per heavy atom. The van der Waals surface area contributed by atoms with Crippen molar-refractivity contribution in [2.75, 3.05) is 13.1 Å². The molecule has 1 aliphatic rings. The summed E-state index contributed by atoms with van der Waals surface area (Å²) in [4.78, 5) is 24.8. The number of hydrogen-bond donors (Lipinski definition) is 1. The fraction of sp³-hybridized carbons (Fsp3) is 0.467. The molecule has 1 aliphatic heterocycles. The molecule has 2 rings (SSSR count). The molecular formula is C15H17F2NO4. The summed E-state index contributed by atoms with van der Waals surface area (Å²) in [6.07, 6.45) is 0.105. The second kappa shape index (κ2) is 6.72. The molecule has 0 radical (unpaired) electrons. The number of nitrogens with zero attached hydrogens (tertiary/aromatic N) is 1. The van der Waals surface area contributed by atoms with Crippen LogP contribution in [0.2, 0.25) is 0 Å². The van der Waals surface area contributed by atoms with E-state index in [9.17, 15) is 18.4 Å². The van der Waals surface area contributed by atoms with Crippen molar-refractivity contribution in [3.05, 3.63) is 29.8 Å². The number of carboxylic acids is 1. The van der Waals surface area contributed by atoms with Gasteiger partial charge in [-0.25, -0.2) is 0 Å². The summed E-state index contributed by atoms with van der Waals surface area (Å²) in [6, 6.07) is 5.84. The van der Waals surface area contributed by atoms with Crippen molar-refractivity contribution in [1.82, 2.24) is 4.90 Å². The molecule has 2 atom stereocenters. The summed E-state index contributed by atoms with van der Waals surface area (Å²) < 4.78 is 28.3. The quantitative estimate of drug-likeness (QED) is 0.903. The zero-order valence-electron chi connectivity index (χ0n) is 12.0. The highest BCUT2D eigenvalue weighted by molar-refractivity contribution is 5.81. The normalized spacial score (nSPS) is 21.2. The van der Waals surface area contributed by atoms with Crippen molar-refractivity contribution >= 4 is 11.9 Å². The lowest BCUT2D eigenvalue weighted by Crippen LogP contribution is -2.31. The van der Waals surface area contributed by atoms with Gasteiger partial charge in [0, 0.05) is 13.1 Å². The van der Waals surface area contributed by atoms with E-state index in [-0.39, 0.29) is 30.5 Å². The molecule has 0 spiro atoms. The molecular weight excluding hydrogens is 296 g/mol. The molecule has 7 heteroatoms. The molecule has 0 bridgehead atoms. The van der Waals surface area contributed by atoms with E-state index in [4.69, 9.17) is 5.11 Å². The zero-order chi connectivity index (χ0) is 16.3. The van der Waals surface area contributed by atoms with Gasteiger partial charge in [0.2, 0.25) is 5.91 Å². The number of rotatable bonds is 5. The number of likely N-dealkylation sites (tertiary alicyclic amines) is 1. The summed E-state index contributed by atoms with van der Waals surface area (Å²) in [7, 11) is 0. The Hall–Kier alpha value is -2.18. The molecule has 0 unspecified atom stereocenters. The third-order valence-corrected chi connectivity index (χ3v) is 3.79. The molecule has 1 heterocycles. The lowest BCUT2D eigenvalue weighted by molar-refractivity contribution is -0.142. The Balaban J connectivity index is 1.93. The number of carboxylic acid groups (broad SMARTS) is 1. The first-order valence-corrected chi connectivity index (χ1v) is 6.91. The van der Waals surface area contributed by atoms with Crippen LogP contribution in [0.4, 0.5) is 8.78 Å². The summed E-state index contributed by atoms with van der Waals surface area (Å²) in [6.45, 7) is -0.446. The summed E-state index contributed by atoms with van der Waals surface area (Å²) in [5.41, 5.74) is 0.665. The first-order chi connectivity index (χ1) is 10.4. The second-order valence-electron chi connectivity index (χ2n) is 5.42. The predicted octanol–water partition coefficient (Wildman–Crippen LogP) is 2.01. The summed E-state index contributed by atoms with van der Waals surface area (Å²) >= 11 is 0. The number of carbonyl (C=O) groups excluding carboxylic acids is 1. The van der Waals surface area contributed by atoms with Crippen molar-refractivity contribution in [2.24, 2.45) is 11.8 Å². The molecule has 0 aromatic heterocycles. The lowest BCUT2D eigenvalue weighted by Gasteiger charge is -2.16. The molecule has 1 saturated heterocycles. The van der Waals surface area contributed by atoms with E-state index in [2.05, 4.69) is 4.74 Å². The van der Waals surface area contributed by atoms with E-state index in [0.29, 0.717) is 12.1 Å². The third kappa shape index (κ3) is 3.93. The van der Waals surface area contributed by atoms with Gasteiger partial charge in [0.15, 0.2) is 0 Å². The van der Waals surface area contributed by atoms with Gasteiger partial charge >= 0.3 is 12.6 Å². The van der Waals surface area contributed by atoms with Crippen LogP contribution >= 0.6 is 0 Å². The van der Waals surface area contributed by atoms with E-state index >= 15 is 0 Å². The highest BCUT2D eigenvalue weighted by atomic mass is 19.3. The van der Waals surface area contributed by atoms with Gasteiger partial charge in [-0.15, -0.1) is 0 Å². The maximum atomic E-state index is 12.2. The zero-order valence-corrected chi connectivity index (χ0v) is 12.0. The summed E-state index contributed by atoms with van der Waals surface area (Å²) in [5, 5.41) is 9.06. The standard InChI is InChI=1S/C15H17F2NO4/c1-9-7-18(8-12(9)14(20)21)13(19)6-10-2-4-11(5-3-10)22-15(16)17/h2-5,9,12,15H,6-8H2,1H3,(H,20,21)/t9-,12-/m1/s1. The van der Waals surface area contributed by atoms with Crippen LogP contribution in [0.25, 0.3) is 0 Å². The number of halogens is 2. The highest BCUT2D eigenvalue weighted by Crippen LogP contribution is 2.24. The van der Waals surface area contributed by atoms with Crippen molar-refractivity contribution < 1.29 is 28.2 Å². The topological polar surface area (TPSA) is 66.8 Å². The Labute approximate surface area is 126 Å². The average Bonchev–Trinajstić information content (AvgIpc) is 2.83. The van der Waals surface area contributed by atoms with Gasteiger partial charge in [-0.3, -0.25) is 9.59 Å². The number of benzene rings is 1. The minimum absolute atomic E-state index is 0.0342. The lowest BCUT2D eigenvalue weighted by atomic mass is 9.99. The van der Waals surface area contributed by atoms with Crippen LogP contribution in [-0.4, -0.2) is 41.6 Å². The van der Waals surface area contributed by atoms with Gasteiger partial charge in [0.25, 0.3) is 0 Å². The Bertz CT molecular complexity index is 547. The Morgan fingerprint density at radius 2 is 1.95 bits per heavy atom. The second-order valence-corrected chi connectivity index (χ2v) is 5.42. The Kier molecular flexibility index (Phi) is 4.95. The maximum Gasteiger partial charge on any atom is 0.387 e. The van der Waals surface area contributed by atoms with Gasteiger partial charge in [-0.1, -0.05) is 19.1 Å². The molecule has 22 heavy (non-hydrogen) atoms. The van der Waals surface area contributed by atoms with Crippen molar-refractivity contribution in [3.63, 3.8) is 0 Å². The van der Waals surface area contributed by atoms with Gasteiger partial charge in [-0.2, -0.15) is 8.78 Å². The maximum absolute atomic E-state index is 12.2. The van der Waals surface area contributed by atoms with Gasteiger partial charge < -0.3 is 14.7 Å². The molecule has 1 aromatic carbocycles. The largest absolute Gasteiger partial charge is 0.481 e. The molecule has 1 N–H and O–H groups in total. The molecule has 0 aliphatic carbocycles. The van der Waals surface area contributed by atoms with Crippen LogP contribution in [0.1, 0.15) is 12.5 Å². The van der Waals surface area contributed by atoms with Crippen molar-refractivity contribution in [3.8, 4) is 5.75 Å². The highest BCUT2D eigenvalue weighted by Gasteiger charge is 2.36. The minimum Gasteiger partial charge on any atom is -0.481 e. The molecule has 1 amide bonds. The number of ether oxygens (including phenoxy) is 1. The first-order valence-electron chi connectivity index (χ1n) is 6.91. The monoisotopic (exact) mass is 313 g/mol. The molecule has 120 valence electrons. The average molecular weight is 313 g/mol. The van der Waals surface area contributed by atoms with Crippen LogP contribution in [-0.2, 0) is 16.0 Å². The predicted molar refractivity (Wildman–Crippen MR) is 73.6 cm³/mol. The number of aliphatic carboxylic acids is 1. The van der Waals surface area contributed by atoms with E-state index in [0.717, 1.165) is 0 Å². The molecule has 1 aromatic rings. The van der Waals surface area contributed by atoms with E-state index in [1.807, 2.05) is 6.92 Å². The molecule has 1 fully saturated rings. The van der Waals surface area contributed by atoms with E-state index in [1.165, 1.54) is 17.0 Å². The van der Waals surface area contributed by atoms with Gasteiger partial charge in [0.05, 0.1) is 12.3 Å². The fourth-order valence-electron chi connectivity index (χ4n) is 2.57. The fourth-order valence-corrected chi connectivity index (χ4v) is 2.57. The van der Waals surface area contributed by atoms with E-state index in [1.54, 1.807) is 12.1 Å². The minimum atomic E-state index is -2.88. The molecule has 0 saturated carbocycles. The SMILES string of the molecule is C[C@@H]1CN(C(=O)Cc2ccc(OC(F)F)cc2)C[C@H]1C(=O)O. The van der Waals surface area contributed by atoms with Crippen LogP contribution in [0.3, 0.4) is 0 Å². The van der Waals surface area contributed by atoms with Crippen molar-refractivity contribution in [2.45, 2.75) is 20.0 Å². The third-order valence-electron chi connectivity index (χ3n) is 3.79. The smallest absolute Gasteiger partial charge is 0.387 e. The number of carbonyl (C=O) groups is 2. The number of amides is 1.